The van der Waals surface area contributed by atoms with E-state index in [-0.39, 0.29) is 12.4 Å². The van der Waals surface area contributed by atoms with E-state index in [0.717, 1.165) is 25.1 Å². The van der Waals surface area contributed by atoms with Crippen molar-refractivity contribution in [2.24, 2.45) is 0 Å². The summed E-state index contributed by atoms with van der Waals surface area (Å²) in [5.74, 6) is 0.896. The Morgan fingerprint density at radius 1 is 1.00 bits per heavy atom. The zero-order valence-corrected chi connectivity index (χ0v) is 18.0. The van der Waals surface area contributed by atoms with E-state index in [1.807, 2.05) is 24.3 Å². The molecular formula is C25H24ClFN2O2. The maximum atomic E-state index is 13.2. The van der Waals surface area contributed by atoms with Crippen molar-refractivity contribution in [1.82, 2.24) is 10.3 Å². The number of nitrogens with one attached hydrogen (secondary N) is 2. The summed E-state index contributed by atoms with van der Waals surface area (Å²) < 4.78 is 24.5. The van der Waals surface area contributed by atoms with Crippen LogP contribution in [0.15, 0.2) is 66.9 Å². The predicted octanol–water partition coefficient (Wildman–Crippen LogP) is 5.88. The molecule has 0 fully saturated rings. The van der Waals surface area contributed by atoms with Crippen LogP contribution in [-0.4, -0.2) is 18.6 Å². The zero-order valence-electron chi connectivity index (χ0n) is 17.3. The molecule has 31 heavy (non-hydrogen) atoms. The first-order chi connectivity index (χ1) is 15.1. The number of H-pyrrole nitrogens is 1. The fraction of sp³-hybridized carbons (Fsp3) is 0.200. The number of hydrogen-bond acceptors (Lipinski definition) is 3. The number of aromatic nitrogens is 1. The first kappa shape index (κ1) is 21.2. The van der Waals surface area contributed by atoms with E-state index in [4.69, 9.17) is 21.1 Å². The van der Waals surface area contributed by atoms with E-state index in [9.17, 15) is 4.39 Å². The van der Waals surface area contributed by atoms with Crippen LogP contribution < -0.4 is 14.8 Å². The standard InChI is InChI=1S/C25H24ClFN2O2/c1-30-25-12-17(6-9-24(25)31-16-19-7-8-20(27)13-22(19)26)14-28-11-10-18-15-29-23-5-3-2-4-21(18)23/h2-9,12-13,15,28-29H,10-11,14,16H2,1H3. The summed E-state index contributed by atoms with van der Waals surface area (Å²) in [7, 11) is 1.61. The summed E-state index contributed by atoms with van der Waals surface area (Å²) in [6.45, 7) is 1.83. The van der Waals surface area contributed by atoms with E-state index in [0.29, 0.717) is 22.1 Å². The summed E-state index contributed by atoms with van der Waals surface area (Å²) in [5.41, 5.74) is 4.29. The Morgan fingerprint density at radius 2 is 1.87 bits per heavy atom. The molecule has 1 aromatic heterocycles. The van der Waals surface area contributed by atoms with Crippen LogP contribution in [0.4, 0.5) is 4.39 Å². The molecule has 0 atom stereocenters. The van der Waals surface area contributed by atoms with Gasteiger partial charge in [0.2, 0.25) is 0 Å². The van der Waals surface area contributed by atoms with Crippen molar-refractivity contribution in [3.05, 3.63) is 94.4 Å². The third kappa shape index (κ3) is 5.19. The molecule has 0 unspecified atom stereocenters. The average molecular weight is 439 g/mol. The van der Waals surface area contributed by atoms with Gasteiger partial charge in [-0.2, -0.15) is 0 Å². The Kier molecular flexibility index (Phi) is 6.75. The lowest BCUT2D eigenvalue weighted by Gasteiger charge is -2.13. The average Bonchev–Trinajstić information content (AvgIpc) is 3.19. The van der Waals surface area contributed by atoms with Gasteiger partial charge in [-0.3, -0.25) is 0 Å². The highest BCUT2D eigenvalue weighted by Crippen LogP contribution is 2.30. The van der Waals surface area contributed by atoms with E-state index in [2.05, 4.69) is 34.7 Å². The van der Waals surface area contributed by atoms with E-state index in [1.54, 1.807) is 13.2 Å². The number of para-hydroxylation sites is 1. The lowest BCUT2D eigenvalue weighted by Crippen LogP contribution is -2.16. The molecule has 3 aromatic carbocycles. The van der Waals surface area contributed by atoms with Gasteiger partial charge in [-0.25, -0.2) is 4.39 Å². The van der Waals surface area contributed by atoms with E-state index in [1.165, 1.54) is 28.6 Å². The molecule has 0 amide bonds. The Bertz CT molecular complexity index is 1180. The van der Waals surface area contributed by atoms with Gasteiger partial charge in [-0.05, 0) is 54.4 Å². The van der Waals surface area contributed by atoms with Crippen LogP contribution in [0.25, 0.3) is 10.9 Å². The van der Waals surface area contributed by atoms with Crippen LogP contribution >= 0.6 is 11.6 Å². The lowest BCUT2D eigenvalue weighted by molar-refractivity contribution is 0.284. The summed E-state index contributed by atoms with van der Waals surface area (Å²) >= 11 is 6.07. The fourth-order valence-corrected chi connectivity index (χ4v) is 3.75. The Labute approximate surface area is 186 Å². The monoisotopic (exact) mass is 438 g/mol. The molecule has 4 rings (SSSR count). The third-order valence-corrected chi connectivity index (χ3v) is 5.55. The zero-order chi connectivity index (χ0) is 21.6. The van der Waals surface area contributed by atoms with Crippen LogP contribution in [0.3, 0.4) is 0 Å². The van der Waals surface area contributed by atoms with Crippen LogP contribution in [0.5, 0.6) is 11.5 Å². The SMILES string of the molecule is COc1cc(CNCCc2c[nH]c3ccccc23)ccc1OCc1ccc(F)cc1Cl. The molecule has 160 valence electrons. The number of fused-ring (bicyclic) bond motifs is 1. The maximum absolute atomic E-state index is 13.2. The molecule has 0 saturated carbocycles. The van der Waals surface area contributed by atoms with E-state index < -0.39 is 0 Å². The normalized spacial score (nSPS) is 11.1. The molecule has 0 radical (unpaired) electrons. The van der Waals surface area contributed by atoms with Gasteiger partial charge < -0.3 is 19.8 Å². The van der Waals surface area contributed by atoms with Crippen LogP contribution in [0.2, 0.25) is 5.02 Å². The van der Waals surface area contributed by atoms with Gasteiger partial charge in [0.05, 0.1) is 12.1 Å². The maximum Gasteiger partial charge on any atom is 0.161 e. The molecule has 4 aromatic rings. The topological polar surface area (TPSA) is 46.3 Å². The molecule has 1 heterocycles. The second-order valence-corrected chi connectivity index (χ2v) is 7.70. The minimum atomic E-state index is -0.368. The molecule has 0 aliphatic rings. The van der Waals surface area contributed by atoms with Crippen LogP contribution in [0, 0.1) is 5.82 Å². The second-order valence-electron chi connectivity index (χ2n) is 7.30. The third-order valence-electron chi connectivity index (χ3n) is 5.20. The summed E-state index contributed by atoms with van der Waals surface area (Å²) in [6, 6.07) is 18.4. The number of aromatic amines is 1. The predicted molar refractivity (Wildman–Crippen MR) is 122 cm³/mol. The quantitative estimate of drug-likeness (QED) is 0.321. The van der Waals surface area contributed by atoms with Gasteiger partial charge in [-0.15, -0.1) is 0 Å². The van der Waals surface area contributed by atoms with Crippen molar-refractivity contribution in [3.63, 3.8) is 0 Å². The minimum absolute atomic E-state index is 0.234. The highest BCUT2D eigenvalue weighted by Gasteiger charge is 2.09. The summed E-state index contributed by atoms with van der Waals surface area (Å²) in [5, 5.41) is 5.10. The molecule has 0 bridgehead atoms. The summed E-state index contributed by atoms with van der Waals surface area (Å²) in [4.78, 5) is 3.31. The Morgan fingerprint density at radius 3 is 2.71 bits per heavy atom. The molecule has 4 nitrogen and oxygen atoms in total. The van der Waals surface area contributed by atoms with E-state index >= 15 is 0 Å². The number of benzene rings is 3. The van der Waals surface area contributed by atoms with Crippen molar-refractivity contribution in [1.29, 1.82) is 0 Å². The molecule has 0 spiro atoms. The van der Waals surface area contributed by atoms with Gasteiger partial charge in [0.15, 0.2) is 11.5 Å². The molecular weight excluding hydrogens is 415 g/mol. The first-order valence-corrected chi connectivity index (χ1v) is 10.5. The smallest absolute Gasteiger partial charge is 0.161 e. The van der Waals surface area contributed by atoms with Gasteiger partial charge in [0.1, 0.15) is 12.4 Å². The number of rotatable bonds is 9. The van der Waals surface area contributed by atoms with Crippen LogP contribution in [0.1, 0.15) is 16.7 Å². The number of hydrogen-bond donors (Lipinski definition) is 2. The largest absolute Gasteiger partial charge is 0.493 e. The van der Waals surface area contributed by atoms with Crippen molar-refractivity contribution >= 4 is 22.5 Å². The lowest BCUT2D eigenvalue weighted by atomic mass is 10.1. The number of ether oxygens (including phenoxy) is 2. The van der Waals surface area contributed by atoms with Gasteiger partial charge in [0.25, 0.3) is 0 Å². The Balaban J connectivity index is 1.32. The molecule has 0 aliphatic carbocycles. The second kappa shape index (κ2) is 9.86. The van der Waals surface area contributed by atoms with Crippen molar-refractivity contribution in [2.45, 2.75) is 19.6 Å². The summed E-state index contributed by atoms with van der Waals surface area (Å²) in [6.07, 6.45) is 3.02. The van der Waals surface area contributed by atoms with Gasteiger partial charge in [0, 0.05) is 29.2 Å². The fourth-order valence-electron chi connectivity index (χ4n) is 3.53. The molecule has 0 aliphatic heterocycles. The Hall–Kier alpha value is -3.02. The first-order valence-electron chi connectivity index (χ1n) is 10.1. The van der Waals surface area contributed by atoms with Gasteiger partial charge in [-0.1, -0.05) is 41.9 Å². The minimum Gasteiger partial charge on any atom is -0.493 e. The molecule has 2 N–H and O–H groups in total. The van der Waals surface area contributed by atoms with Crippen molar-refractivity contribution in [3.8, 4) is 11.5 Å². The number of halogens is 2. The highest BCUT2D eigenvalue weighted by atomic mass is 35.5. The van der Waals surface area contributed by atoms with Crippen molar-refractivity contribution in [2.75, 3.05) is 13.7 Å². The highest BCUT2D eigenvalue weighted by molar-refractivity contribution is 6.31. The molecule has 6 heteroatoms. The molecule has 0 saturated heterocycles. The number of methoxy groups -OCH3 is 1. The van der Waals surface area contributed by atoms with Crippen LogP contribution in [-0.2, 0) is 19.6 Å². The van der Waals surface area contributed by atoms with Crippen molar-refractivity contribution < 1.29 is 13.9 Å². The van der Waals surface area contributed by atoms with Gasteiger partial charge >= 0.3 is 0 Å².